The highest BCUT2D eigenvalue weighted by atomic mass is 16.7. The van der Waals surface area contributed by atoms with E-state index in [0.29, 0.717) is 19.3 Å². The molecule has 0 aromatic carbocycles. The molecule has 218 valence electrons. The molecular weight excluding hydrogens is 494 g/mol. The third-order valence-corrected chi connectivity index (χ3v) is 7.53. The molecule has 11 atom stereocenters. The number of ketones is 1. The van der Waals surface area contributed by atoms with Crippen LogP contribution in [-0.4, -0.2) is 108 Å². The van der Waals surface area contributed by atoms with Crippen LogP contribution in [0.2, 0.25) is 0 Å². The first kappa shape index (κ1) is 32.6. The molecular formula is C28H47NO9. The Morgan fingerprint density at radius 3 is 2.34 bits per heavy atom. The highest BCUT2D eigenvalue weighted by molar-refractivity contribution is 5.91. The number of ether oxygens (including phenoxy) is 4. The first-order valence-electron chi connectivity index (χ1n) is 13.5. The van der Waals surface area contributed by atoms with Gasteiger partial charge in [0.05, 0.1) is 24.7 Å². The van der Waals surface area contributed by atoms with E-state index in [1.54, 1.807) is 6.08 Å². The van der Waals surface area contributed by atoms with Gasteiger partial charge in [0.15, 0.2) is 12.1 Å². The summed E-state index contributed by atoms with van der Waals surface area (Å²) in [7, 11) is 5.18. The van der Waals surface area contributed by atoms with Gasteiger partial charge in [-0.15, -0.1) is 0 Å². The average molecular weight is 542 g/mol. The number of aliphatic hydroxyl groups excluding tert-OH is 3. The number of cyclic esters (lactones) is 1. The summed E-state index contributed by atoms with van der Waals surface area (Å²) in [5.41, 5.74) is 0. The maximum Gasteiger partial charge on any atom is 0.308 e. The molecule has 11 unspecified atom stereocenters. The van der Waals surface area contributed by atoms with E-state index in [1.807, 2.05) is 39.8 Å². The molecule has 2 aliphatic heterocycles. The highest BCUT2D eigenvalue weighted by Crippen LogP contribution is 2.32. The summed E-state index contributed by atoms with van der Waals surface area (Å²) in [6.07, 6.45) is -0.0172. The van der Waals surface area contributed by atoms with Crippen LogP contribution in [0.3, 0.4) is 0 Å². The first-order valence-corrected chi connectivity index (χ1v) is 13.5. The summed E-state index contributed by atoms with van der Waals surface area (Å²) in [5.74, 6) is -1.45. The molecule has 3 N–H and O–H groups in total. The van der Waals surface area contributed by atoms with Crippen molar-refractivity contribution >= 4 is 11.8 Å². The number of hydrogen-bond acceptors (Lipinski definition) is 10. The van der Waals surface area contributed by atoms with Crippen molar-refractivity contribution in [2.24, 2.45) is 11.8 Å². The number of nitrogens with zero attached hydrogens (tertiary/aromatic N) is 1. The summed E-state index contributed by atoms with van der Waals surface area (Å²) in [6, 6.07) is -0.206. The average Bonchev–Trinajstić information content (AvgIpc) is 2.85. The molecule has 0 aliphatic carbocycles. The zero-order chi connectivity index (χ0) is 28.6. The van der Waals surface area contributed by atoms with Crippen molar-refractivity contribution in [1.82, 2.24) is 4.90 Å². The highest BCUT2D eigenvalue weighted by Gasteiger charge is 2.44. The molecule has 10 heteroatoms. The number of methoxy groups -OCH3 is 1. The zero-order valence-electron chi connectivity index (χ0n) is 23.7. The number of allylic oxidation sites excluding steroid dienone is 3. The van der Waals surface area contributed by atoms with Crippen LogP contribution in [0.15, 0.2) is 24.3 Å². The summed E-state index contributed by atoms with van der Waals surface area (Å²) in [6.45, 7) is 7.22. The quantitative estimate of drug-likeness (QED) is 0.441. The van der Waals surface area contributed by atoms with Gasteiger partial charge in [0.1, 0.15) is 24.4 Å². The van der Waals surface area contributed by atoms with Gasteiger partial charge >= 0.3 is 5.97 Å². The molecule has 0 amide bonds. The van der Waals surface area contributed by atoms with Gasteiger partial charge in [-0.2, -0.15) is 0 Å². The molecule has 0 aromatic heterocycles. The van der Waals surface area contributed by atoms with Crippen LogP contribution in [-0.2, 0) is 28.5 Å². The van der Waals surface area contributed by atoms with E-state index in [-0.39, 0.29) is 29.8 Å². The minimum absolute atomic E-state index is 0.0994. The number of carbonyl (C=O) groups excluding carboxylic acids is 2. The van der Waals surface area contributed by atoms with E-state index in [2.05, 4.69) is 0 Å². The smallest absolute Gasteiger partial charge is 0.308 e. The molecule has 1 saturated heterocycles. The predicted octanol–water partition coefficient (Wildman–Crippen LogP) is 1.60. The molecule has 0 spiro atoms. The largest absolute Gasteiger partial charge is 0.459 e. The van der Waals surface area contributed by atoms with Crippen molar-refractivity contribution in [3.8, 4) is 0 Å². The maximum absolute atomic E-state index is 12.8. The minimum Gasteiger partial charge on any atom is -0.459 e. The normalized spacial score (nSPS) is 40.3. The fourth-order valence-corrected chi connectivity index (χ4v) is 5.14. The van der Waals surface area contributed by atoms with E-state index in [4.69, 9.17) is 18.9 Å². The van der Waals surface area contributed by atoms with Gasteiger partial charge < -0.3 is 39.2 Å². The molecule has 0 saturated carbocycles. The Morgan fingerprint density at radius 1 is 1.05 bits per heavy atom. The van der Waals surface area contributed by atoms with Gasteiger partial charge in [-0.05, 0) is 52.8 Å². The Kier molecular flexibility index (Phi) is 13.0. The Hall–Kier alpha value is -1.66. The third-order valence-electron chi connectivity index (χ3n) is 7.53. The number of likely N-dealkylation sites (N-methyl/N-ethyl adjacent to an activating group) is 1. The Bertz CT molecular complexity index is 816. The van der Waals surface area contributed by atoms with Crippen molar-refractivity contribution < 1.29 is 43.9 Å². The minimum atomic E-state index is -1.31. The second-order valence-corrected chi connectivity index (χ2v) is 10.8. The Morgan fingerprint density at radius 2 is 1.74 bits per heavy atom. The SMILES string of the molecule is CCC1CC(C)C(=O)C=CC=CC(O)C(C)OC(=O)CC(O)C(OC)C1OC1OC(C)CC(N(C)C)C1O. The van der Waals surface area contributed by atoms with Crippen LogP contribution in [0, 0.1) is 11.8 Å². The lowest BCUT2D eigenvalue weighted by molar-refractivity contribution is -0.290. The summed E-state index contributed by atoms with van der Waals surface area (Å²) in [4.78, 5) is 27.4. The van der Waals surface area contributed by atoms with E-state index in [1.165, 1.54) is 32.3 Å². The maximum atomic E-state index is 12.8. The Balaban J connectivity index is 2.44. The van der Waals surface area contributed by atoms with Gasteiger partial charge in [-0.3, -0.25) is 9.59 Å². The molecule has 0 radical (unpaired) electrons. The van der Waals surface area contributed by atoms with Gasteiger partial charge in [0, 0.05) is 19.1 Å². The fraction of sp³-hybridized carbons (Fsp3) is 0.786. The van der Waals surface area contributed by atoms with Gasteiger partial charge in [0.25, 0.3) is 0 Å². The van der Waals surface area contributed by atoms with Crippen LogP contribution in [0.4, 0.5) is 0 Å². The van der Waals surface area contributed by atoms with Crippen LogP contribution in [0.1, 0.15) is 53.4 Å². The molecule has 0 aromatic rings. The van der Waals surface area contributed by atoms with Crippen molar-refractivity contribution in [2.75, 3.05) is 21.2 Å². The number of esters is 1. The standard InChI is InChI=1S/C28H47NO9/c1-8-19-13-16(2)21(30)11-9-10-12-22(31)18(4)37-24(33)15-23(32)27(35-7)26(19)38-28-25(34)20(29(5)6)14-17(3)36-28/h9-12,16-20,22-23,25-28,31-32,34H,8,13-15H2,1-7H3. The van der Waals surface area contributed by atoms with Crippen molar-refractivity contribution in [2.45, 2.75) is 108 Å². The summed E-state index contributed by atoms with van der Waals surface area (Å²) >= 11 is 0. The van der Waals surface area contributed by atoms with E-state index >= 15 is 0 Å². The molecule has 10 nitrogen and oxygen atoms in total. The molecule has 38 heavy (non-hydrogen) atoms. The van der Waals surface area contributed by atoms with Gasteiger partial charge in [-0.1, -0.05) is 38.5 Å². The third kappa shape index (κ3) is 8.94. The molecule has 0 bridgehead atoms. The second kappa shape index (κ2) is 15.2. The van der Waals surface area contributed by atoms with Crippen LogP contribution < -0.4 is 0 Å². The van der Waals surface area contributed by atoms with E-state index in [9.17, 15) is 24.9 Å². The van der Waals surface area contributed by atoms with Crippen LogP contribution in [0.5, 0.6) is 0 Å². The predicted molar refractivity (Wildman–Crippen MR) is 141 cm³/mol. The lowest BCUT2D eigenvalue weighted by Crippen LogP contribution is -2.57. The van der Waals surface area contributed by atoms with Crippen molar-refractivity contribution in [3.63, 3.8) is 0 Å². The second-order valence-electron chi connectivity index (χ2n) is 10.8. The fourth-order valence-electron chi connectivity index (χ4n) is 5.14. The monoisotopic (exact) mass is 541 g/mol. The number of hydrogen-bond donors (Lipinski definition) is 3. The van der Waals surface area contributed by atoms with Gasteiger partial charge in [-0.25, -0.2) is 0 Å². The zero-order valence-corrected chi connectivity index (χ0v) is 23.7. The van der Waals surface area contributed by atoms with E-state index < -0.39 is 55.3 Å². The molecule has 2 rings (SSSR count). The van der Waals surface area contributed by atoms with Crippen LogP contribution >= 0.6 is 0 Å². The lowest BCUT2D eigenvalue weighted by atomic mass is 9.83. The summed E-state index contributed by atoms with van der Waals surface area (Å²) < 4.78 is 23.4. The molecule has 1 fully saturated rings. The van der Waals surface area contributed by atoms with E-state index in [0.717, 1.165) is 0 Å². The van der Waals surface area contributed by atoms with Crippen molar-refractivity contribution in [3.05, 3.63) is 24.3 Å². The molecule has 2 aliphatic rings. The van der Waals surface area contributed by atoms with Crippen molar-refractivity contribution in [1.29, 1.82) is 0 Å². The molecule has 2 heterocycles. The number of rotatable bonds is 5. The van der Waals surface area contributed by atoms with Crippen LogP contribution in [0.25, 0.3) is 0 Å². The number of aliphatic hydroxyl groups is 3. The first-order chi connectivity index (χ1) is 17.9. The number of carbonyl (C=O) groups is 2. The summed E-state index contributed by atoms with van der Waals surface area (Å²) in [5, 5.41) is 32.5. The van der Waals surface area contributed by atoms with Gasteiger partial charge in [0.2, 0.25) is 0 Å². The topological polar surface area (TPSA) is 135 Å². The lowest BCUT2D eigenvalue weighted by Gasteiger charge is -2.44. The Labute approximate surface area is 226 Å².